The number of rotatable bonds is 2. The molecule has 0 saturated heterocycles. The van der Waals surface area contributed by atoms with Gasteiger partial charge in [0, 0.05) is 13.9 Å². The zero-order valence-electron chi connectivity index (χ0n) is 11.1. The second-order valence-corrected chi connectivity index (χ2v) is 4.01. The van der Waals surface area contributed by atoms with Crippen LogP contribution in [0.4, 0.5) is 4.39 Å². The van der Waals surface area contributed by atoms with Crippen LogP contribution in [0.15, 0.2) is 18.2 Å². The molecule has 0 spiro atoms. The molecule has 4 heteroatoms. The third-order valence-electron chi connectivity index (χ3n) is 2.19. The fraction of sp³-hybridized carbons (Fsp3) is 0.462. The largest absolute Gasteiger partial charge is 0.347 e. The van der Waals surface area contributed by atoms with Crippen molar-refractivity contribution in [1.82, 2.24) is 5.32 Å². The van der Waals surface area contributed by atoms with Crippen molar-refractivity contribution < 1.29 is 10.6 Å². The fourth-order valence-corrected chi connectivity index (χ4v) is 1.54. The van der Waals surface area contributed by atoms with Gasteiger partial charge in [0.1, 0.15) is 13.7 Å². The van der Waals surface area contributed by atoms with Crippen molar-refractivity contribution in [3.8, 4) is 0 Å². The number of halogens is 1. The van der Waals surface area contributed by atoms with Crippen LogP contribution in [0.1, 0.15) is 41.6 Å². The molecule has 17 heavy (non-hydrogen) atoms. The smallest absolute Gasteiger partial charge is 0.217 e. The summed E-state index contributed by atoms with van der Waals surface area (Å²) in [6.45, 7) is 8.85. The molecule has 0 unspecified atom stereocenters. The molecule has 0 aliphatic heterocycles. The van der Waals surface area contributed by atoms with Crippen LogP contribution in [0.25, 0.3) is 0 Å². The van der Waals surface area contributed by atoms with E-state index in [4.69, 9.17) is 7.85 Å². The average Bonchev–Trinajstić information content (AvgIpc) is 2.23. The highest BCUT2D eigenvalue weighted by atomic mass is 19.1. The highest BCUT2D eigenvalue weighted by molar-refractivity contribution is 6.32. The van der Waals surface area contributed by atoms with E-state index in [0.29, 0.717) is 5.56 Å². The van der Waals surface area contributed by atoms with Crippen molar-refractivity contribution in [3.63, 3.8) is 0 Å². The minimum absolute atomic E-state index is 0. The Bertz CT molecular complexity index is 397. The molecule has 1 aromatic carbocycles. The second-order valence-electron chi connectivity index (χ2n) is 4.01. The lowest BCUT2D eigenvalue weighted by molar-refractivity contribution is -0.120. The summed E-state index contributed by atoms with van der Waals surface area (Å²) < 4.78 is 13.7. The minimum atomic E-state index is -0.759. The number of nitrogens with one attached hydrogen (secondary N) is 1. The number of carbonyl (C=O) groups is 1. The van der Waals surface area contributed by atoms with Crippen molar-refractivity contribution in [2.45, 2.75) is 40.2 Å². The maximum atomic E-state index is 13.7. The van der Waals surface area contributed by atoms with Gasteiger partial charge in [-0.1, -0.05) is 37.5 Å². The summed E-state index contributed by atoms with van der Waals surface area (Å²) in [5, 5.41) is 2.67. The first kappa shape index (κ1) is 15.7. The number of benzene rings is 1. The van der Waals surface area contributed by atoms with Crippen LogP contribution in [0.2, 0.25) is 0 Å². The Labute approximate surface area is 106 Å². The maximum absolute atomic E-state index is 13.7. The van der Waals surface area contributed by atoms with Crippen LogP contribution in [0.5, 0.6) is 0 Å². The summed E-state index contributed by atoms with van der Waals surface area (Å²) in [7, 11) is 5.46. The molecule has 0 heterocycles. The molecule has 0 fully saturated rings. The fourth-order valence-electron chi connectivity index (χ4n) is 1.54. The molecule has 2 radical (unpaired) electrons. The molecule has 1 rings (SSSR count). The van der Waals surface area contributed by atoms with E-state index in [-0.39, 0.29) is 12.8 Å². The predicted molar refractivity (Wildman–Crippen MR) is 72.1 cm³/mol. The Kier molecular flexibility index (Phi) is 5.93. The third-order valence-corrected chi connectivity index (χ3v) is 2.19. The molecule has 0 bridgehead atoms. The highest BCUT2D eigenvalue weighted by Crippen LogP contribution is 2.21. The summed E-state index contributed by atoms with van der Waals surface area (Å²) in [6, 6.07) is 4.77. The van der Waals surface area contributed by atoms with Gasteiger partial charge in [-0.25, -0.2) is 4.39 Å². The molecule has 0 atom stereocenters. The lowest BCUT2D eigenvalue weighted by Crippen LogP contribution is -2.41. The second kappa shape index (κ2) is 6.43. The van der Waals surface area contributed by atoms with E-state index in [1.54, 1.807) is 26.0 Å². The zero-order chi connectivity index (χ0) is 13.6. The zero-order valence-corrected chi connectivity index (χ0v) is 11.1. The van der Waals surface area contributed by atoms with Gasteiger partial charge in [-0.05, 0) is 13.8 Å². The highest BCUT2D eigenvalue weighted by Gasteiger charge is 2.25. The minimum Gasteiger partial charge on any atom is -0.347 e. The van der Waals surface area contributed by atoms with Crippen LogP contribution in [0, 0.1) is 5.82 Å². The summed E-state index contributed by atoms with van der Waals surface area (Å²) in [5.74, 6) is -0.682. The summed E-state index contributed by atoms with van der Waals surface area (Å²) >= 11 is 0. The van der Waals surface area contributed by atoms with E-state index in [0.717, 1.165) is 0 Å². The quantitative estimate of drug-likeness (QED) is 0.785. The lowest BCUT2D eigenvalue weighted by Gasteiger charge is -2.27. The Hall–Kier alpha value is -1.32. The first-order valence-electron chi connectivity index (χ1n) is 5.68. The van der Waals surface area contributed by atoms with E-state index < -0.39 is 11.4 Å². The first-order chi connectivity index (χ1) is 7.84. The number of amides is 1. The molecule has 1 aromatic rings. The molecule has 2 nitrogen and oxygen atoms in total. The molecule has 0 aliphatic rings. The van der Waals surface area contributed by atoms with Gasteiger partial charge >= 0.3 is 0 Å². The topological polar surface area (TPSA) is 29.1 Å². The van der Waals surface area contributed by atoms with Crippen LogP contribution in [-0.4, -0.2) is 13.8 Å². The summed E-state index contributed by atoms with van der Waals surface area (Å²) in [5.41, 5.74) is -0.283. The molecule has 1 amide bonds. The van der Waals surface area contributed by atoms with Crippen molar-refractivity contribution >= 4 is 19.2 Å². The van der Waals surface area contributed by atoms with Crippen LogP contribution in [-0.2, 0) is 10.3 Å². The summed E-state index contributed by atoms with van der Waals surface area (Å²) in [4.78, 5) is 11.0. The van der Waals surface area contributed by atoms with Crippen molar-refractivity contribution in [2.75, 3.05) is 0 Å². The molecule has 1 N–H and O–H groups in total. The Balaban J connectivity index is 0. The Morgan fingerprint density at radius 2 is 1.94 bits per heavy atom. The van der Waals surface area contributed by atoms with Gasteiger partial charge in [-0.15, -0.1) is 0 Å². The van der Waals surface area contributed by atoms with Crippen molar-refractivity contribution in [2.24, 2.45) is 0 Å². The number of carbonyl (C=O) groups excluding carboxylic acids is 1. The normalized spacial score (nSPS) is 10.2. The molecule has 0 aromatic heterocycles. The standard InChI is InChI=1S/C11H13BFNO.C2H6.H2/c1-7(15)14-11(2,3)8-5-4-6-9(12)10(8)13;1-2;/h4-6H,1-3H3,(H,14,15);1-2H3;1H. The van der Waals surface area contributed by atoms with Crippen LogP contribution >= 0.6 is 0 Å². The van der Waals surface area contributed by atoms with Gasteiger partial charge in [0.05, 0.1) is 5.54 Å². The van der Waals surface area contributed by atoms with Gasteiger partial charge in [0.15, 0.2) is 0 Å². The Morgan fingerprint density at radius 3 is 2.41 bits per heavy atom. The van der Waals surface area contributed by atoms with E-state index in [1.807, 2.05) is 13.8 Å². The van der Waals surface area contributed by atoms with Gasteiger partial charge in [0.2, 0.25) is 5.91 Å². The van der Waals surface area contributed by atoms with E-state index in [2.05, 4.69) is 5.32 Å². The summed E-state index contributed by atoms with van der Waals surface area (Å²) in [6.07, 6.45) is 0. The van der Waals surface area contributed by atoms with Gasteiger partial charge in [-0.3, -0.25) is 4.79 Å². The average molecular weight is 237 g/mol. The van der Waals surface area contributed by atoms with E-state index >= 15 is 0 Å². The number of hydrogen-bond acceptors (Lipinski definition) is 1. The molecular formula is C13H21BFNO. The molecular weight excluding hydrogens is 216 g/mol. The van der Waals surface area contributed by atoms with Crippen molar-refractivity contribution in [3.05, 3.63) is 29.6 Å². The Morgan fingerprint density at radius 1 is 1.41 bits per heavy atom. The van der Waals surface area contributed by atoms with Gasteiger partial charge in [-0.2, -0.15) is 0 Å². The molecule has 0 aliphatic carbocycles. The van der Waals surface area contributed by atoms with E-state index in [9.17, 15) is 9.18 Å². The predicted octanol–water partition coefficient (Wildman–Crippen LogP) is 2.26. The van der Waals surface area contributed by atoms with Crippen molar-refractivity contribution in [1.29, 1.82) is 0 Å². The van der Waals surface area contributed by atoms with Crippen LogP contribution < -0.4 is 10.8 Å². The maximum Gasteiger partial charge on any atom is 0.217 e. The van der Waals surface area contributed by atoms with Gasteiger partial charge < -0.3 is 5.32 Å². The molecule has 0 saturated carbocycles. The SMILES string of the molecule is CC.[B]c1cccc(C(C)(C)NC(C)=O)c1F.[HH]. The lowest BCUT2D eigenvalue weighted by atomic mass is 9.86. The number of hydrogen-bond donors (Lipinski definition) is 1. The first-order valence-corrected chi connectivity index (χ1v) is 5.68. The molecule has 94 valence electrons. The third kappa shape index (κ3) is 4.21. The van der Waals surface area contributed by atoms with E-state index in [1.165, 1.54) is 13.0 Å². The monoisotopic (exact) mass is 237 g/mol. The van der Waals surface area contributed by atoms with Crippen LogP contribution in [0.3, 0.4) is 0 Å². The van der Waals surface area contributed by atoms with Gasteiger partial charge in [0.25, 0.3) is 0 Å².